The van der Waals surface area contributed by atoms with Crippen LogP contribution >= 0.6 is 15.9 Å². The predicted octanol–water partition coefficient (Wildman–Crippen LogP) is 3.77. The van der Waals surface area contributed by atoms with E-state index >= 15 is 0 Å². The van der Waals surface area contributed by atoms with Crippen molar-refractivity contribution in [1.29, 1.82) is 0 Å². The van der Waals surface area contributed by atoms with Gasteiger partial charge in [-0.3, -0.25) is 0 Å². The van der Waals surface area contributed by atoms with Gasteiger partial charge in [-0.2, -0.15) is 0 Å². The van der Waals surface area contributed by atoms with Gasteiger partial charge in [0.2, 0.25) is 0 Å². The Balaban J connectivity index is 1.95. The summed E-state index contributed by atoms with van der Waals surface area (Å²) in [6, 6.07) is 6.30. The molecule has 0 amide bonds. The minimum absolute atomic E-state index is 0.507. The van der Waals surface area contributed by atoms with Gasteiger partial charge in [0.15, 0.2) is 0 Å². The Kier molecular flexibility index (Phi) is 2.41. The van der Waals surface area contributed by atoms with Gasteiger partial charge in [-0.05, 0) is 48.8 Å². The summed E-state index contributed by atoms with van der Waals surface area (Å²) in [5.41, 5.74) is 1.84. The smallest absolute Gasteiger partial charge is 0.0960 e. The highest BCUT2D eigenvalue weighted by atomic mass is 79.9. The second kappa shape index (κ2) is 3.58. The summed E-state index contributed by atoms with van der Waals surface area (Å²) in [4.78, 5) is 0. The van der Waals surface area contributed by atoms with E-state index in [4.69, 9.17) is 0 Å². The molecule has 1 nitrogen and oxygen atoms in total. The van der Waals surface area contributed by atoms with Crippen LogP contribution in [0.25, 0.3) is 0 Å². The summed E-state index contributed by atoms with van der Waals surface area (Å²) < 4.78 is 1.11. The van der Waals surface area contributed by atoms with Gasteiger partial charge >= 0.3 is 0 Å². The molecule has 2 heteroatoms. The Morgan fingerprint density at radius 1 is 1.25 bits per heavy atom. The Labute approximate surface area is 105 Å². The largest absolute Gasteiger partial charge is 0.385 e. The molecule has 2 fully saturated rings. The minimum Gasteiger partial charge on any atom is -0.385 e. The van der Waals surface area contributed by atoms with Crippen molar-refractivity contribution in [2.75, 3.05) is 0 Å². The van der Waals surface area contributed by atoms with Crippen LogP contribution in [-0.4, -0.2) is 5.11 Å². The van der Waals surface area contributed by atoms with Crippen LogP contribution in [-0.2, 0) is 5.60 Å². The first-order valence-corrected chi connectivity index (χ1v) is 6.92. The molecule has 0 heterocycles. The highest BCUT2D eigenvalue weighted by molar-refractivity contribution is 9.10. The maximum atomic E-state index is 10.8. The molecule has 1 aromatic carbocycles. The Bertz CT molecular complexity index is 415. The third-order valence-electron chi connectivity index (χ3n) is 4.42. The fraction of sp³-hybridized carbons (Fsp3) is 0.571. The molecule has 0 aromatic heterocycles. The molecule has 1 N–H and O–H groups in total. The highest BCUT2D eigenvalue weighted by Gasteiger charge is 2.64. The average molecular weight is 281 g/mol. The predicted molar refractivity (Wildman–Crippen MR) is 68.2 cm³/mol. The lowest BCUT2D eigenvalue weighted by molar-refractivity contribution is 0.118. The first-order valence-electron chi connectivity index (χ1n) is 6.13. The van der Waals surface area contributed by atoms with E-state index in [9.17, 15) is 5.11 Å². The van der Waals surface area contributed by atoms with Crippen LogP contribution in [0.5, 0.6) is 0 Å². The monoisotopic (exact) mass is 280 g/mol. The Morgan fingerprint density at radius 3 is 2.44 bits per heavy atom. The summed E-state index contributed by atoms with van der Waals surface area (Å²) in [6.45, 7) is 2.08. The Morgan fingerprint density at radius 2 is 1.88 bits per heavy atom. The van der Waals surface area contributed by atoms with Crippen molar-refractivity contribution in [2.24, 2.45) is 11.8 Å². The molecule has 2 atom stereocenters. The molecule has 2 saturated carbocycles. The van der Waals surface area contributed by atoms with Gasteiger partial charge in [0.25, 0.3) is 0 Å². The summed E-state index contributed by atoms with van der Waals surface area (Å²) >= 11 is 3.55. The molecule has 0 saturated heterocycles. The van der Waals surface area contributed by atoms with Crippen molar-refractivity contribution >= 4 is 15.9 Å². The summed E-state index contributed by atoms with van der Waals surface area (Å²) in [5, 5.41) is 10.8. The van der Waals surface area contributed by atoms with E-state index < -0.39 is 5.60 Å². The van der Waals surface area contributed by atoms with Crippen LogP contribution in [0.1, 0.15) is 36.8 Å². The van der Waals surface area contributed by atoms with Crippen LogP contribution in [0.2, 0.25) is 0 Å². The molecular weight excluding hydrogens is 264 g/mol. The standard InChI is InChI=1S/C14H17BrO/c1-9-6-7-10(8-13(9)15)14(16)11-4-2-3-5-12(11)14/h6-8,11-12,16H,2-5H2,1H3. The van der Waals surface area contributed by atoms with Gasteiger partial charge in [0, 0.05) is 4.47 Å². The second-order valence-corrected chi connectivity index (χ2v) is 6.14. The fourth-order valence-corrected chi connectivity index (χ4v) is 3.74. The minimum atomic E-state index is -0.507. The van der Waals surface area contributed by atoms with Gasteiger partial charge < -0.3 is 5.11 Å². The summed E-state index contributed by atoms with van der Waals surface area (Å²) in [6.07, 6.45) is 4.98. The summed E-state index contributed by atoms with van der Waals surface area (Å²) in [5.74, 6) is 1.05. The van der Waals surface area contributed by atoms with Crippen molar-refractivity contribution in [3.05, 3.63) is 33.8 Å². The molecule has 3 rings (SSSR count). The molecule has 0 aliphatic heterocycles. The van der Waals surface area contributed by atoms with Gasteiger partial charge in [-0.25, -0.2) is 0 Å². The topological polar surface area (TPSA) is 20.2 Å². The third-order valence-corrected chi connectivity index (χ3v) is 5.28. The molecule has 1 aromatic rings. The lowest BCUT2D eigenvalue weighted by Crippen LogP contribution is -2.10. The van der Waals surface area contributed by atoms with Crippen molar-refractivity contribution in [3.63, 3.8) is 0 Å². The molecule has 2 aliphatic carbocycles. The van der Waals surface area contributed by atoms with E-state index in [1.54, 1.807) is 0 Å². The lowest BCUT2D eigenvalue weighted by atomic mass is 10.0. The van der Waals surface area contributed by atoms with Crippen LogP contribution in [0.3, 0.4) is 0 Å². The number of aliphatic hydroxyl groups is 1. The van der Waals surface area contributed by atoms with E-state index in [-0.39, 0.29) is 0 Å². The van der Waals surface area contributed by atoms with Gasteiger partial charge in [-0.1, -0.05) is 40.9 Å². The van der Waals surface area contributed by atoms with E-state index in [0.717, 1.165) is 10.0 Å². The molecule has 86 valence electrons. The first kappa shape index (κ1) is 10.8. The number of hydrogen-bond acceptors (Lipinski definition) is 1. The quantitative estimate of drug-likeness (QED) is 0.831. The summed E-state index contributed by atoms with van der Waals surface area (Å²) in [7, 11) is 0. The zero-order valence-electron chi connectivity index (χ0n) is 9.54. The molecule has 0 bridgehead atoms. The zero-order chi connectivity index (χ0) is 11.3. The van der Waals surface area contributed by atoms with Crippen molar-refractivity contribution < 1.29 is 5.11 Å². The van der Waals surface area contributed by atoms with E-state index in [0.29, 0.717) is 11.8 Å². The first-order chi connectivity index (χ1) is 7.64. The number of rotatable bonds is 1. The number of fused-ring (bicyclic) bond motifs is 1. The van der Waals surface area contributed by atoms with Crippen molar-refractivity contribution in [1.82, 2.24) is 0 Å². The van der Waals surface area contributed by atoms with Crippen molar-refractivity contribution in [2.45, 2.75) is 38.2 Å². The Hall–Kier alpha value is -0.340. The maximum absolute atomic E-state index is 10.8. The molecule has 2 unspecified atom stereocenters. The van der Waals surface area contributed by atoms with E-state index in [1.165, 1.54) is 31.2 Å². The van der Waals surface area contributed by atoms with E-state index in [2.05, 4.69) is 41.1 Å². The van der Waals surface area contributed by atoms with Gasteiger partial charge in [0.1, 0.15) is 0 Å². The average Bonchev–Trinajstić information content (AvgIpc) is 2.91. The molecule has 0 spiro atoms. The lowest BCUT2D eigenvalue weighted by Gasteiger charge is -2.12. The molecular formula is C14H17BrO. The van der Waals surface area contributed by atoms with E-state index in [1.807, 2.05) is 0 Å². The normalized spacial score (nSPS) is 36.9. The number of halogens is 1. The van der Waals surface area contributed by atoms with Crippen LogP contribution in [0, 0.1) is 18.8 Å². The van der Waals surface area contributed by atoms with Crippen LogP contribution in [0.4, 0.5) is 0 Å². The van der Waals surface area contributed by atoms with Crippen LogP contribution < -0.4 is 0 Å². The number of benzene rings is 1. The highest BCUT2D eigenvalue weighted by Crippen LogP contribution is 2.64. The fourth-order valence-electron chi connectivity index (χ4n) is 3.36. The van der Waals surface area contributed by atoms with Gasteiger partial charge in [-0.15, -0.1) is 0 Å². The van der Waals surface area contributed by atoms with Crippen LogP contribution in [0.15, 0.2) is 22.7 Å². The number of aryl methyl sites for hydroxylation is 1. The molecule has 0 radical (unpaired) electrons. The van der Waals surface area contributed by atoms with Gasteiger partial charge in [0.05, 0.1) is 5.60 Å². The SMILES string of the molecule is Cc1ccc(C2(O)C3CCCCC32)cc1Br. The zero-order valence-corrected chi connectivity index (χ0v) is 11.1. The molecule has 16 heavy (non-hydrogen) atoms. The third kappa shape index (κ3) is 1.39. The number of hydrogen-bond donors (Lipinski definition) is 1. The van der Waals surface area contributed by atoms with Crippen molar-refractivity contribution in [3.8, 4) is 0 Å². The maximum Gasteiger partial charge on any atom is 0.0960 e. The second-order valence-electron chi connectivity index (χ2n) is 5.29. The molecule has 2 aliphatic rings.